The van der Waals surface area contributed by atoms with E-state index in [1.165, 1.54) is 0 Å². The summed E-state index contributed by atoms with van der Waals surface area (Å²) in [5.41, 5.74) is 9.44. The van der Waals surface area contributed by atoms with E-state index in [0.29, 0.717) is 12.4 Å². The van der Waals surface area contributed by atoms with Gasteiger partial charge in [0.15, 0.2) is 0 Å². The Hall–Kier alpha value is -2.40. The number of aliphatic imine (C=N–C) groups is 1. The zero-order valence-corrected chi connectivity index (χ0v) is 12.0. The van der Waals surface area contributed by atoms with Crippen molar-refractivity contribution in [2.75, 3.05) is 5.88 Å². The maximum Gasteiger partial charge on any atom is 0.115 e. The lowest BCUT2D eigenvalue weighted by Gasteiger charge is -2.03. The van der Waals surface area contributed by atoms with Crippen LogP contribution in [0.5, 0.6) is 0 Å². The molecule has 0 fully saturated rings. The van der Waals surface area contributed by atoms with Crippen molar-refractivity contribution in [2.24, 2.45) is 10.7 Å². The molecular formula is C15H14ClN5. The Kier molecular flexibility index (Phi) is 3.83. The minimum Gasteiger partial charge on any atom is -0.386 e. The van der Waals surface area contributed by atoms with Gasteiger partial charge in [-0.25, -0.2) is 9.67 Å². The molecule has 1 aromatic heterocycles. The number of hydrogen-bond donors (Lipinski definition) is 1. The number of para-hydroxylation sites is 1. The number of nitrogens with zero attached hydrogens (tertiary/aromatic N) is 4. The molecule has 0 spiro atoms. The maximum atomic E-state index is 5.61. The van der Waals surface area contributed by atoms with Crippen molar-refractivity contribution in [3.63, 3.8) is 0 Å². The number of alkyl halides is 1. The van der Waals surface area contributed by atoms with Gasteiger partial charge in [-0.15, -0.1) is 16.7 Å². The largest absolute Gasteiger partial charge is 0.386 e. The molecule has 5 nitrogen and oxygen atoms in total. The number of benzene rings is 2. The molecular weight excluding hydrogens is 286 g/mol. The van der Waals surface area contributed by atoms with Crippen molar-refractivity contribution in [3.05, 3.63) is 54.1 Å². The molecule has 3 aromatic rings. The fraction of sp³-hybridized carbons (Fsp3) is 0.133. The number of nitrogens with two attached hydrogens (primary N) is 1. The summed E-state index contributed by atoms with van der Waals surface area (Å²) in [6.45, 7) is 0.662. The van der Waals surface area contributed by atoms with Gasteiger partial charge in [-0.1, -0.05) is 29.5 Å². The average molecular weight is 300 g/mol. The van der Waals surface area contributed by atoms with Crippen LogP contribution in [0.25, 0.3) is 11.0 Å². The Bertz CT molecular complexity index is 776. The standard InChI is InChI=1S/C15H14ClN5/c16-9-15(17)18-12-7-5-11(6-8-12)10-21-14-4-2-1-3-13(14)19-20-21/h1-8H,9-10H2,(H2,17,18). The normalized spacial score (nSPS) is 12.0. The summed E-state index contributed by atoms with van der Waals surface area (Å²) >= 11 is 5.61. The third-order valence-corrected chi connectivity index (χ3v) is 3.37. The number of rotatable bonds is 4. The summed E-state index contributed by atoms with van der Waals surface area (Å²) in [6.07, 6.45) is 0. The Labute approximate surface area is 127 Å². The lowest BCUT2D eigenvalue weighted by molar-refractivity contribution is 0.670. The highest BCUT2D eigenvalue weighted by Gasteiger charge is 2.04. The Balaban J connectivity index is 1.82. The van der Waals surface area contributed by atoms with Crippen molar-refractivity contribution in [1.29, 1.82) is 0 Å². The Morgan fingerprint density at radius 1 is 1.14 bits per heavy atom. The number of amidine groups is 1. The average Bonchev–Trinajstić information content (AvgIpc) is 2.92. The monoisotopic (exact) mass is 299 g/mol. The first kappa shape index (κ1) is 13.6. The van der Waals surface area contributed by atoms with E-state index in [-0.39, 0.29) is 5.88 Å². The summed E-state index contributed by atoms with van der Waals surface area (Å²) < 4.78 is 1.88. The van der Waals surface area contributed by atoms with Crippen LogP contribution in [0.3, 0.4) is 0 Å². The van der Waals surface area contributed by atoms with Gasteiger partial charge in [-0.3, -0.25) is 0 Å². The van der Waals surface area contributed by atoms with Gasteiger partial charge in [0.05, 0.1) is 23.6 Å². The van der Waals surface area contributed by atoms with Crippen LogP contribution in [0.4, 0.5) is 5.69 Å². The predicted octanol–water partition coefficient (Wildman–Crippen LogP) is 2.71. The van der Waals surface area contributed by atoms with Gasteiger partial charge in [0, 0.05) is 0 Å². The van der Waals surface area contributed by atoms with Crippen LogP contribution in [0.2, 0.25) is 0 Å². The first-order valence-electron chi connectivity index (χ1n) is 6.52. The second kappa shape index (κ2) is 5.93. The quantitative estimate of drug-likeness (QED) is 0.457. The number of halogens is 1. The van der Waals surface area contributed by atoms with Gasteiger partial charge < -0.3 is 5.73 Å². The fourth-order valence-electron chi connectivity index (χ4n) is 2.08. The highest BCUT2D eigenvalue weighted by molar-refractivity contribution is 6.28. The molecule has 0 aliphatic rings. The zero-order chi connectivity index (χ0) is 14.7. The molecule has 1 heterocycles. The van der Waals surface area contributed by atoms with Crippen LogP contribution >= 0.6 is 11.6 Å². The van der Waals surface area contributed by atoms with Crippen LogP contribution in [0.1, 0.15) is 5.56 Å². The Morgan fingerprint density at radius 2 is 1.90 bits per heavy atom. The van der Waals surface area contributed by atoms with Gasteiger partial charge >= 0.3 is 0 Å². The van der Waals surface area contributed by atoms with Crippen LogP contribution in [0.15, 0.2) is 53.5 Å². The molecule has 0 aliphatic heterocycles. The van der Waals surface area contributed by atoms with Gasteiger partial charge in [0.1, 0.15) is 11.4 Å². The van der Waals surface area contributed by atoms with Crippen LogP contribution in [-0.4, -0.2) is 26.7 Å². The SMILES string of the molecule is NC(CCl)=Nc1ccc(Cn2nnc3ccccc32)cc1. The third kappa shape index (κ3) is 3.03. The Morgan fingerprint density at radius 3 is 2.67 bits per heavy atom. The third-order valence-electron chi connectivity index (χ3n) is 3.10. The van der Waals surface area contributed by atoms with Crippen LogP contribution in [0, 0.1) is 0 Å². The van der Waals surface area contributed by atoms with Crippen molar-refractivity contribution in [3.8, 4) is 0 Å². The smallest absolute Gasteiger partial charge is 0.115 e. The zero-order valence-electron chi connectivity index (χ0n) is 11.3. The summed E-state index contributed by atoms with van der Waals surface area (Å²) in [5.74, 6) is 0.638. The molecule has 0 radical (unpaired) electrons. The van der Waals surface area contributed by atoms with Gasteiger partial charge in [0.25, 0.3) is 0 Å². The van der Waals surface area contributed by atoms with Gasteiger partial charge in [-0.2, -0.15) is 0 Å². The van der Waals surface area contributed by atoms with E-state index in [1.54, 1.807) is 0 Å². The topological polar surface area (TPSA) is 69.1 Å². The summed E-state index contributed by atoms with van der Waals surface area (Å²) in [5, 5.41) is 8.32. The second-order valence-corrected chi connectivity index (χ2v) is 4.91. The molecule has 2 aromatic carbocycles. The predicted molar refractivity (Wildman–Crippen MR) is 85.1 cm³/mol. The van der Waals surface area contributed by atoms with Crippen molar-refractivity contribution in [1.82, 2.24) is 15.0 Å². The van der Waals surface area contributed by atoms with E-state index < -0.39 is 0 Å². The first-order valence-corrected chi connectivity index (χ1v) is 7.06. The lowest BCUT2D eigenvalue weighted by atomic mass is 10.2. The minimum atomic E-state index is 0.229. The van der Waals surface area contributed by atoms with Crippen LogP contribution < -0.4 is 5.73 Å². The second-order valence-electron chi connectivity index (χ2n) is 4.64. The van der Waals surface area contributed by atoms with E-state index in [0.717, 1.165) is 22.3 Å². The van der Waals surface area contributed by atoms with E-state index in [1.807, 2.05) is 53.2 Å². The minimum absolute atomic E-state index is 0.229. The fourth-order valence-corrected chi connectivity index (χ4v) is 2.14. The molecule has 0 saturated carbocycles. The molecule has 0 atom stereocenters. The molecule has 0 saturated heterocycles. The molecule has 21 heavy (non-hydrogen) atoms. The molecule has 0 aliphatic carbocycles. The number of aromatic nitrogens is 3. The van der Waals surface area contributed by atoms with Gasteiger partial charge in [0.2, 0.25) is 0 Å². The van der Waals surface area contributed by atoms with E-state index in [4.69, 9.17) is 17.3 Å². The van der Waals surface area contributed by atoms with E-state index >= 15 is 0 Å². The molecule has 0 unspecified atom stereocenters. The van der Waals surface area contributed by atoms with Crippen LogP contribution in [-0.2, 0) is 6.54 Å². The summed E-state index contributed by atoms with van der Waals surface area (Å²) in [4.78, 5) is 4.19. The number of fused-ring (bicyclic) bond motifs is 1. The maximum absolute atomic E-state index is 5.61. The van der Waals surface area contributed by atoms with Gasteiger partial charge in [-0.05, 0) is 29.8 Å². The molecule has 2 N–H and O–H groups in total. The van der Waals surface area contributed by atoms with E-state index in [2.05, 4.69) is 15.3 Å². The van der Waals surface area contributed by atoms with E-state index in [9.17, 15) is 0 Å². The number of hydrogen-bond acceptors (Lipinski definition) is 3. The highest BCUT2D eigenvalue weighted by atomic mass is 35.5. The lowest BCUT2D eigenvalue weighted by Crippen LogP contribution is -2.12. The molecule has 3 rings (SSSR count). The summed E-state index contributed by atoms with van der Waals surface area (Å²) in [7, 11) is 0. The summed E-state index contributed by atoms with van der Waals surface area (Å²) in [6, 6.07) is 15.7. The molecule has 6 heteroatoms. The van der Waals surface area contributed by atoms with Crippen molar-refractivity contribution in [2.45, 2.75) is 6.54 Å². The molecule has 0 amide bonds. The van der Waals surface area contributed by atoms with Crippen molar-refractivity contribution >= 4 is 34.2 Å². The van der Waals surface area contributed by atoms with Crippen molar-refractivity contribution < 1.29 is 0 Å². The molecule has 106 valence electrons. The molecule has 0 bridgehead atoms. The highest BCUT2D eigenvalue weighted by Crippen LogP contribution is 2.16. The first-order chi connectivity index (χ1) is 10.3.